The highest BCUT2D eigenvalue weighted by Gasteiger charge is 2.35. The van der Waals surface area contributed by atoms with Crippen LogP contribution in [0.4, 0.5) is 0 Å². The maximum Gasteiger partial charge on any atom is 0.0873 e. The van der Waals surface area contributed by atoms with Crippen molar-refractivity contribution in [2.75, 3.05) is 19.8 Å². The van der Waals surface area contributed by atoms with Gasteiger partial charge in [0.1, 0.15) is 0 Å². The Morgan fingerprint density at radius 1 is 1.43 bits per heavy atom. The van der Waals surface area contributed by atoms with Gasteiger partial charge in [0.2, 0.25) is 0 Å². The van der Waals surface area contributed by atoms with E-state index in [1.165, 1.54) is 18.4 Å². The predicted molar refractivity (Wildman–Crippen MR) is 58.2 cm³/mol. The van der Waals surface area contributed by atoms with Gasteiger partial charge in [0, 0.05) is 5.41 Å². The minimum atomic E-state index is 0.480. The molecule has 1 aliphatic heterocycles. The molecule has 82 valence electrons. The molecule has 1 rings (SSSR count). The topological polar surface area (TPSA) is 18.5 Å². The Kier molecular flexibility index (Phi) is 4.46. The number of hydrogen-bond donors (Lipinski definition) is 0. The molecule has 1 fully saturated rings. The third-order valence-corrected chi connectivity index (χ3v) is 2.85. The van der Waals surface area contributed by atoms with Crippen molar-refractivity contribution in [1.29, 1.82) is 0 Å². The molecule has 0 atom stereocenters. The van der Waals surface area contributed by atoms with Crippen molar-refractivity contribution in [1.82, 2.24) is 0 Å². The number of rotatable bonds is 6. The van der Waals surface area contributed by atoms with Gasteiger partial charge in [-0.1, -0.05) is 6.92 Å². The van der Waals surface area contributed by atoms with E-state index in [1.54, 1.807) is 0 Å². The lowest BCUT2D eigenvalue weighted by molar-refractivity contribution is -0.121. The van der Waals surface area contributed by atoms with E-state index in [0.717, 1.165) is 26.2 Å². The van der Waals surface area contributed by atoms with Crippen LogP contribution in [0.2, 0.25) is 0 Å². The fourth-order valence-electron chi connectivity index (χ4n) is 1.67. The van der Waals surface area contributed by atoms with Crippen LogP contribution in [0.3, 0.4) is 0 Å². The largest absolute Gasteiger partial charge is 0.501 e. The zero-order valence-electron chi connectivity index (χ0n) is 9.64. The van der Waals surface area contributed by atoms with E-state index in [4.69, 9.17) is 9.47 Å². The van der Waals surface area contributed by atoms with Gasteiger partial charge in [0.05, 0.1) is 26.1 Å². The maximum absolute atomic E-state index is 5.40. The van der Waals surface area contributed by atoms with Crippen LogP contribution in [0.25, 0.3) is 0 Å². The number of ether oxygens (including phenoxy) is 2. The van der Waals surface area contributed by atoms with Gasteiger partial charge < -0.3 is 9.47 Å². The molecule has 1 saturated heterocycles. The van der Waals surface area contributed by atoms with E-state index in [9.17, 15) is 0 Å². The fourth-order valence-corrected chi connectivity index (χ4v) is 1.67. The Labute approximate surface area is 87.3 Å². The third-order valence-electron chi connectivity index (χ3n) is 2.85. The molecule has 2 nitrogen and oxygen atoms in total. The Bertz CT molecular complexity index is 183. The summed E-state index contributed by atoms with van der Waals surface area (Å²) in [4.78, 5) is 0. The second-order valence-corrected chi connectivity index (χ2v) is 4.52. The molecule has 0 aliphatic carbocycles. The summed E-state index contributed by atoms with van der Waals surface area (Å²) in [7, 11) is 0. The van der Waals surface area contributed by atoms with E-state index >= 15 is 0 Å². The second-order valence-electron chi connectivity index (χ2n) is 4.52. The molecule has 0 amide bonds. The lowest BCUT2D eigenvalue weighted by Crippen LogP contribution is -2.42. The Hall–Kier alpha value is -0.500. The highest BCUT2D eigenvalue weighted by Crippen LogP contribution is 2.35. The van der Waals surface area contributed by atoms with Crippen LogP contribution < -0.4 is 0 Å². The third kappa shape index (κ3) is 3.33. The first-order valence-electron chi connectivity index (χ1n) is 5.51. The van der Waals surface area contributed by atoms with E-state index in [2.05, 4.69) is 6.92 Å². The highest BCUT2D eigenvalue weighted by atomic mass is 16.5. The van der Waals surface area contributed by atoms with Crippen LogP contribution in [0.5, 0.6) is 0 Å². The molecule has 0 bridgehead atoms. The Morgan fingerprint density at radius 2 is 2.14 bits per heavy atom. The van der Waals surface area contributed by atoms with E-state index in [1.807, 2.05) is 20.1 Å². The zero-order chi connectivity index (χ0) is 10.4. The minimum absolute atomic E-state index is 0.480. The van der Waals surface area contributed by atoms with Crippen LogP contribution in [0.1, 0.15) is 40.0 Å². The molecule has 0 aromatic rings. The van der Waals surface area contributed by atoms with Crippen LogP contribution in [-0.2, 0) is 9.47 Å². The molecule has 2 heteroatoms. The molecule has 14 heavy (non-hydrogen) atoms. The lowest BCUT2D eigenvalue weighted by atomic mass is 9.79. The molecule has 0 N–H and O–H groups in total. The quantitative estimate of drug-likeness (QED) is 0.482. The van der Waals surface area contributed by atoms with Gasteiger partial charge >= 0.3 is 0 Å². The summed E-state index contributed by atoms with van der Waals surface area (Å²) in [5.74, 6) is 0. The predicted octanol–water partition coefficient (Wildman–Crippen LogP) is 3.13. The number of hydrogen-bond acceptors (Lipinski definition) is 2. The molecular weight excluding hydrogens is 176 g/mol. The van der Waals surface area contributed by atoms with Gasteiger partial charge in [-0.25, -0.2) is 0 Å². The van der Waals surface area contributed by atoms with Crippen LogP contribution >= 0.6 is 0 Å². The van der Waals surface area contributed by atoms with Crippen molar-refractivity contribution in [2.24, 2.45) is 5.41 Å². The summed E-state index contributed by atoms with van der Waals surface area (Å²) in [5.41, 5.74) is 1.70. The van der Waals surface area contributed by atoms with Crippen molar-refractivity contribution in [3.05, 3.63) is 11.8 Å². The smallest absolute Gasteiger partial charge is 0.0873 e. The van der Waals surface area contributed by atoms with Crippen LogP contribution in [-0.4, -0.2) is 19.8 Å². The standard InChI is InChI=1S/C12H22O2/c1-4-12(9-14-10-12)6-5-7-13-8-11(2)3/h8H,4-7,9-10H2,1-3H3. The summed E-state index contributed by atoms with van der Waals surface area (Å²) < 4.78 is 10.7. The summed E-state index contributed by atoms with van der Waals surface area (Å²) in [6.45, 7) is 9.09. The average molecular weight is 198 g/mol. The molecule has 1 aliphatic rings. The average Bonchev–Trinajstić information content (AvgIpc) is 2.08. The van der Waals surface area contributed by atoms with Crippen molar-refractivity contribution in [3.8, 4) is 0 Å². The Morgan fingerprint density at radius 3 is 2.57 bits per heavy atom. The van der Waals surface area contributed by atoms with Gasteiger partial charge in [0.25, 0.3) is 0 Å². The molecule has 0 unspecified atom stereocenters. The molecule has 1 heterocycles. The van der Waals surface area contributed by atoms with Crippen molar-refractivity contribution in [2.45, 2.75) is 40.0 Å². The van der Waals surface area contributed by atoms with Crippen molar-refractivity contribution < 1.29 is 9.47 Å². The summed E-state index contributed by atoms with van der Waals surface area (Å²) in [6, 6.07) is 0. The molecule has 0 aromatic heterocycles. The maximum atomic E-state index is 5.40. The van der Waals surface area contributed by atoms with Crippen molar-refractivity contribution in [3.63, 3.8) is 0 Å². The number of allylic oxidation sites excluding steroid dienone is 1. The molecular formula is C12H22O2. The van der Waals surface area contributed by atoms with Gasteiger partial charge in [-0.2, -0.15) is 0 Å². The lowest BCUT2D eigenvalue weighted by Gasteiger charge is -2.41. The van der Waals surface area contributed by atoms with Gasteiger partial charge in [-0.3, -0.25) is 0 Å². The van der Waals surface area contributed by atoms with Crippen LogP contribution in [0, 0.1) is 5.41 Å². The fraction of sp³-hybridized carbons (Fsp3) is 0.833. The van der Waals surface area contributed by atoms with Crippen molar-refractivity contribution >= 4 is 0 Å². The molecule has 0 radical (unpaired) electrons. The van der Waals surface area contributed by atoms with Gasteiger partial charge in [-0.05, 0) is 38.7 Å². The van der Waals surface area contributed by atoms with E-state index in [-0.39, 0.29) is 0 Å². The molecule has 0 saturated carbocycles. The summed E-state index contributed by atoms with van der Waals surface area (Å²) in [5, 5.41) is 0. The molecule has 0 spiro atoms. The van der Waals surface area contributed by atoms with Crippen LogP contribution in [0.15, 0.2) is 11.8 Å². The minimum Gasteiger partial charge on any atom is -0.501 e. The van der Waals surface area contributed by atoms with E-state index < -0.39 is 0 Å². The zero-order valence-corrected chi connectivity index (χ0v) is 9.64. The normalized spacial score (nSPS) is 18.5. The first kappa shape index (κ1) is 11.6. The SMILES string of the molecule is CCC1(CCCOC=C(C)C)COC1. The molecule has 0 aromatic carbocycles. The Balaban J connectivity index is 2.06. The first-order chi connectivity index (χ1) is 6.68. The van der Waals surface area contributed by atoms with Gasteiger partial charge in [-0.15, -0.1) is 0 Å². The highest BCUT2D eigenvalue weighted by molar-refractivity contribution is 4.87. The summed E-state index contributed by atoms with van der Waals surface area (Å²) in [6.07, 6.45) is 5.45. The van der Waals surface area contributed by atoms with Gasteiger partial charge in [0.15, 0.2) is 0 Å². The summed E-state index contributed by atoms with van der Waals surface area (Å²) >= 11 is 0. The monoisotopic (exact) mass is 198 g/mol. The first-order valence-corrected chi connectivity index (χ1v) is 5.51. The van der Waals surface area contributed by atoms with E-state index in [0.29, 0.717) is 5.41 Å². The second kappa shape index (κ2) is 5.40.